The molecule has 0 aliphatic heterocycles. The minimum atomic E-state index is -0.126. The van der Waals surface area contributed by atoms with Crippen LogP contribution in [-0.2, 0) is 17.6 Å². The zero-order valence-corrected chi connectivity index (χ0v) is 15.6. The van der Waals surface area contributed by atoms with Crippen molar-refractivity contribution < 1.29 is 4.79 Å². The van der Waals surface area contributed by atoms with Crippen molar-refractivity contribution in [3.05, 3.63) is 87.2 Å². The van der Waals surface area contributed by atoms with Crippen LogP contribution < -0.4 is 5.32 Å². The van der Waals surface area contributed by atoms with Gasteiger partial charge in [-0.15, -0.1) is 0 Å². The third-order valence-electron chi connectivity index (χ3n) is 3.57. The van der Waals surface area contributed by atoms with Crippen LogP contribution in [-0.4, -0.2) is 15.9 Å². The van der Waals surface area contributed by atoms with E-state index in [0.29, 0.717) is 17.3 Å². The van der Waals surface area contributed by atoms with Crippen molar-refractivity contribution in [2.24, 2.45) is 0 Å². The lowest BCUT2D eigenvalue weighted by Crippen LogP contribution is -2.16. The molecule has 2 aromatic carbocycles. The van der Waals surface area contributed by atoms with E-state index < -0.39 is 0 Å². The van der Waals surface area contributed by atoms with Crippen LogP contribution >= 0.6 is 27.5 Å². The van der Waals surface area contributed by atoms with E-state index in [-0.39, 0.29) is 12.3 Å². The van der Waals surface area contributed by atoms with E-state index in [4.69, 9.17) is 11.6 Å². The van der Waals surface area contributed by atoms with Gasteiger partial charge < -0.3 is 5.32 Å². The molecule has 0 radical (unpaired) electrons. The van der Waals surface area contributed by atoms with Gasteiger partial charge >= 0.3 is 0 Å². The van der Waals surface area contributed by atoms with Crippen molar-refractivity contribution in [2.75, 3.05) is 5.32 Å². The van der Waals surface area contributed by atoms with E-state index >= 15 is 0 Å². The molecule has 0 aliphatic carbocycles. The Balaban J connectivity index is 1.67. The molecule has 0 fully saturated rings. The summed E-state index contributed by atoms with van der Waals surface area (Å²) in [4.78, 5) is 20.6. The highest BCUT2D eigenvalue weighted by atomic mass is 79.9. The number of anilines is 1. The maximum Gasteiger partial charge on any atom is 0.229 e. The predicted molar refractivity (Wildman–Crippen MR) is 103 cm³/mol. The van der Waals surface area contributed by atoms with E-state index in [2.05, 4.69) is 31.2 Å². The Hall–Kier alpha value is -2.24. The van der Waals surface area contributed by atoms with Gasteiger partial charge in [-0.05, 0) is 29.3 Å². The molecule has 0 bridgehead atoms. The van der Waals surface area contributed by atoms with Crippen LogP contribution in [0.4, 0.5) is 5.82 Å². The van der Waals surface area contributed by atoms with E-state index in [9.17, 15) is 4.79 Å². The van der Waals surface area contributed by atoms with Crippen LogP contribution in [0, 0.1) is 0 Å². The molecule has 1 heterocycles. The summed E-state index contributed by atoms with van der Waals surface area (Å²) >= 11 is 9.46. The first-order valence-corrected chi connectivity index (χ1v) is 8.86. The number of rotatable bonds is 5. The van der Waals surface area contributed by atoms with E-state index in [1.165, 1.54) is 6.33 Å². The smallest absolute Gasteiger partial charge is 0.229 e. The molecule has 1 amide bonds. The summed E-state index contributed by atoms with van der Waals surface area (Å²) in [5, 5.41) is 3.51. The van der Waals surface area contributed by atoms with Gasteiger partial charge in [-0.25, -0.2) is 9.97 Å². The molecule has 3 aromatic rings. The topological polar surface area (TPSA) is 54.9 Å². The average Bonchev–Trinajstić information content (AvgIpc) is 2.57. The summed E-state index contributed by atoms with van der Waals surface area (Å²) in [5.41, 5.74) is 2.79. The van der Waals surface area contributed by atoms with Crippen molar-refractivity contribution in [1.29, 1.82) is 0 Å². The van der Waals surface area contributed by atoms with Crippen molar-refractivity contribution in [2.45, 2.75) is 12.8 Å². The zero-order chi connectivity index (χ0) is 17.6. The minimum absolute atomic E-state index is 0.126. The van der Waals surface area contributed by atoms with Crippen LogP contribution in [0.5, 0.6) is 0 Å². The first kappa shape index (κ1) is 17.6. The van der Waals surface area contributed by atoms with Gasteiger partial charge in [0.1, 0.15) is 12.1 Å². The summed E-state index contributed by atoms with van der Waals surface area (Å²) in [6.07, 6.45) is 2.35. The summed E-state index contributed by atoms with van der Waals surface area (Å²) < 4.78 is 0.912. The lowest BCUT2D eigenvalue weighted by atomic mass is 10.1. The SMILES string of the molecule is O=C(Cc1ccccc1Br)Nc1cc(Cc2cccc(Cl)c2)ncn1. The largest absolute Gasteiger partial charge is 0.310 e. The first-order chi connectivity index (χ1) is 12.1. The molecule has 1 N–H and O–H groups in total. The highest BCUT2D eigenvalue weighted by Gasteiger charge is 2.08. The second kappa shape index (κ2) is 8.23. The third-order valence-corrected chi connectivity index (χ3v) is 4.58. The summed E-state index contributed by atoms with van der Waals surface area (Å²) in [7, 11) is 0. The number of aromatic nitrogens is 2. The molecular formula is C19H15BrClN3O. The summed E-state index contributed by atoms with van der Waals surface area (Å²) in [5.74, 6) is 0.364. The fourth-order valence-electron chi connectivity index (χ4n) is 2.42. The fourth-order valence-corrected chi connectivity index (χ4v) is 3.06. The van der Waals surface area contributed by atoms with Gasteiger partial charge in [0.25, 0.3) is 0 Å². The Bertz CT molecular complexity index is 901. The first-order valence-electron chi connectivity index (χ1n) is 7.69. The lowest BCUT2D eigenvalue weighted by Gasteiger charge is -2.07. The molecule has 0 saturated carbocycles. The second-order valence-electron chi connectivity index (χ2n) is 5.52. The van der Waals surface area contributed by atoms with Gasteiger partial charge in [-0.3, -0.25) is 4.79 Å². The van der Waals surface area contributed by atoms with E-state index in [0.717, 1.165) is 21.3 Å². The Morgan fingerprint density at radius 3 is 2.72 bits per heavy atom. The quantitative estimate of drug-likeness (QED) is 0.658. The number of amides is 1. The van der Waals surface area contributed by atoms with Crippen LogP contribution in [0.2, 0.25) is 5.02 Å². The maximum absolute atomic E-state index is 12.2. The van der Waals surface area contributed by atoms with Crippen molar-refractivity contribution in [3.8, 4) is 0 Å². The molecule has 6 heteroatoms. The third kappa shape index (κ3) is 5.11. The predicted octanol–water partition coefficient (Wildman–Crippen LogP) is 4.66. The van der Waals surface area contributed by atoms with Gasteiger partial charge in [0.15, 0.2) is 0 Å². The molecule has 0 aliphatic rings. The minimum Gasteiger partial charge on any atom is -0.310 e. The Morgan fingerprint density at radius 2 is 1.92 bits per heavy atom. The van der Waals surface area contributed by atoms with Gasteiger partial charge in [0.05, 0.1) is 12.1 Å². The monoisotopic (exact) mass is 415 g/mol. The fraction of sp³-hybridized carbons (Fsp3) is 0.105. The van der Waals surface area contributed by atoms with Crippen LogP contribution in [0.1, 0.15) is 16.8 Å². The highest BCUT2D eigenvalue weighted by Crippen LogP contribution is 2.18. The molecular weight excluding hydrogens is 402 g/mol. The molecule has 25 heavy (non-hydrogen) atoms. The van der Waals surface area contributed by atoms with Crippen molar-refractivity contribution in [1.82, 2.24) is 9.97 Å². The Morgan fingerprint density at radius 1 is 1.08 bits per heavy atom. The zero-order valence-electron chi connectivity index (χ0n) is 13.2. The molecule has 0 spiro atoms. The number of carbonyl (C=O) groups is 1. The van der Waals surface area contributed by atoms with Crippen molar-refractivity contribution >= 4 is 39.3 Å². The molecule has 126 valence electrons. The molecule has 3 rings (SSSR count). The molecule has 0 unspecified atom stereocenters. The second-order valence-corrected chi connectivity index (χ2v) is 6.81. The van der Waals surface area contributed by atoms with Crippen LogP contribution in [0.3, 0.4) is 0 Å². The number of carbonyl (C=O) groups excluding carboxylic acids is 1. The lowest BCUT2D eigenvalue weighted by molar-refractivity contribution is -0.115. The molecule has 0 saturated heterocycles. The average molecular weight is 417 g/mol. The normalized spacial score (nSPS) is 10.5. The van der Waals surface area contributed by atoms with Gasteiger partial charge in [0, 0.05) is 22.0 Å². The standard InChI is InChI=1S/C19H15BrClN3O/c20-17-7-2-1-5-14(17)10-19(25)24-18-11-16(22-12-23-18)9-13-4-3-6-15(21)8-13/h1-8,11-12H,9-10H2,(H,22,23,24,25). The Labute approximate surface area is 159 Å². The van der Waals surface area contributed by atoms with Gasteiger partial charge in [-0.2, -0.15) is 0 Å². The molecule has 0 atom stereocenters. The maximum atomic E-state index is 12.2. The van der Waals surface area contributed by atoms with Crippen LogP contribution in [0.15, 0.2) is 65.4 Å². The molecule has 4 nitrogen and oxygen atoms in total. The number of nitrogens with zero attached hydrogens (tertiary/aromatic N) is 2. The number of hydrogen-bond acceptors (Lipinski definition) is 3. The van der Waals surface area contributed by atoms with Gasteiger partial charge in [0.2, 0.25) is 5.91 Å². The summed E-state index contributed by atoms with van der Waals surface area (Å²) in [6, 6.07) is 17.0. The van der Waals surface area contributed by atoms with Crippen LogP contribution in [0.25, 0.3) is 0 Å². The Kier molecular flexibility index (Phi) is 5.79. The van der Waals surface area contributed by atoms with Crippen molar-refractivity contribution in [3.63, 3.8) is 0 Å². The number of halogens is 2. The highest BCUT2D eigenvalue weighted by molar-refractivity contribution is 9.10. The van der Waals surface area contributed by atoms with Gasteiger partial charge in [-0.1, -0.05) is 57.9 Å². The van der Waals surface area contributed by atoms with E-state index in [1.807, 2.05) is 48.5 Å². The number of nitrogens with one attached hydrogen (secondary N) is 1. The molecule has 1 aromatic heterocycles. The van der Waals surface area contributed by atoms with E-state index in [1.54, 1.807) is 6.07 Å². The number of hydrogen-bond donors (Lipinski definition) is 1. The number of benzene rings is 2. The summed E-state index contributed by atoms with van der Waals surface area (Å²) in [6.45, 7) is 0.